The van der Waals surface area contributed by atoms with Gasteiger partial charge in [-0.15, -0.1) is 24.0 Å². The predicted molar refractivity (Wildman–Crippen MR) is 103 cm³/mol. The molecule has 2 N–H and O–H groups in total. The van der Waals surface area contributed by atoms with Crippen LogP contribution >= 0.6 is 24.0 Å². The van der Waals surface area contributed by atoms with Crippen molar-refractivity contribution in [1.82, 2.24) is 15.5 Å². The molecule has 0 spiro atoms. The van der Waals surface area contributed by atoms with Gasteiger partial charge in [-0.25, -0.2) is 4.39 Å². The van der Waals surface area contributed by atoms with Crippen LogP contribution < -0.4 is 10.6 Å². The van der Waals surface area contributed by atoms with Crippen molar-refractivity contribution in [2.75, 3.05) is 40.3 Å². The minimum Gasteiger partial charge on any atom is -0.356 e. The summed E-state index contributed by atoms with van der Waals surface area (Å²) in [6, 6.07) is 6.28. The second kappa shape index (κ2) is 12.3. The zero-order chi connectivity index (χ0) is 18.0. The van der Waals surface area contributed by atoms with Crippen molar-refractivity contribution in [3.05, 3.63) is 35.6 Å². The predicted octanol–water partition coefficient (Wildman–Crippen LogP) is 3.04. The van der Waals surface area contributed by atoms with E-state index in [1.807, 2.05) is 0 Å². The third kappa shape index (κ3) is 12.0. The van der Waals surface area contributed by atoms with Gasteiger partial charge < -0.3 is 10.6 Å². The third-order valence-electron chi connectivity index (χ3n) is 3.30. The van der Waals surface area contributed by atoms with Gasteiger partial charge in [0, 0.05) is 20.1 Å². The Morgan fingerprint density at radius 3 is 2.28 bits per heavy atom. The molecule has 0 saturated carbocycles. The Morgan fingerprint density at radius 1 is 1.12 bits per heavy atom. The number of halogens is 5. The smallest absolute Gasteiger partial charge is 0.356 e. The number of hydrogen-bond acceptors (Lipinski definition) is 2. The van der Waals surface area contributed by atoms with Gasteiger partial charge in [-0.2, -0.15) is 13.2 Å². The summed E-state index contributed by atoms with van der Waals surface area (Å²) in [6.07, 6.45) is -2.87. The van der Waals surface area contributed by atoms with Crippen LogP contribution in [0.3, 0.4) is 0 Å². The lowest BCUT2D eigenvalue weighted by atomic mass is 10.1. The first-order valence-electron chi connectivity index (χ1n) is 7.74. The molecule has 0 unspecified atom stereocenters. The van der Waals surface area contributed by atoms with E-state index in [2.05, 4.69) is 15.6 Å². The average Bonchev–Trinajstić information content (AvgIpc) is 2.49. The number of nitrogens with zero attached hydrogens (tertiary/aromatic N) is 2. The summed E-state index contributed by atoms with van der Waals surface area (Å²) in [5, 5.41) is 6.16. The number of benzene rings is 1. The number of guanidine groups is 1. The van der Waals surface area contributed by atoms with E-state index >= 15 is 0 Å². The fourth-order valence-corrected chi connectivity index (χ4v) is 2.14. The second-order valence-corrected chi connectivity index (χ2v) is 5.51. The topological polar surface area (TPSA) is 39.7 Å². The summed E-state index contributed by atoms with van der Waals surface area (Å²) >= 11 is 0. The first-order valence-corrected chi connectivity index (χ1v) is 7.74. The van der Waals surface area contributed by atoms with Crippen molar-refractivity contribution < 1.29 is 17.6 Å². The standard InChI is InChI=1S/C16H24F4N4.HI/c1-21-15(22-9-3-11-24(2)12-16(18,19)20)23-10-8-13-4-6-14(17)7-5-13;/h4-7H,3,8-12H2,1-2H3,(H2,21,22,23);1H. The molecule has 0 radical (unpaired) electrons. The molecule has 25 heavy (non-hydrogen) atoms. The van der Waals surface area contributed by atoms with Crippen LogP contribution in [0.5, 0.6) is 0 Å². The Kier molecular flexibility index (Phi) is 11.7. The van der Waals surface area contributed by atoms with E-state index in [1.165, 1.54) is 24.1 Å². The number of nitrogens with one attached hydrogen (secondary N) is 2. The third-order valence-corrected chi connectivity index (χ3v) is 3.30. The highest BCUT2D eigenvalue weighted by Gasteiger charge is 2.28. The number of alkyl halides is 3. The van der Waals surface area contributed by atoms with Crippen molar-refractivity contribution in [1.29, 1.82) is 0 Å². The molecule has 0 amide bonds. The van der Waals surface area contributed by atoms with Crippen LogP contribution in [0.25, 0.3) is 0 Å². The van der Waals surface area contributed by atoms with Crippen LogP contribution in [-0.2, 0) is 6.42 Å². The number of hydrogen-bond donors (Lipinski definition) is 2. The lowest BCUT2D eigenvalue weighted by molar-refractivity contribution is -0.143. The van der Waals surface area contributed by atoms with E-state index in [4.69, 9.17) is 0 Å². The van der Waals surface area contributed by atoms with Crippen LogP contribution in [0.4, 0.5) is 17.6 Å². The maximum absolute atomic E-state index is 12.8. The van der Waals surface area contributed by atoms with Gasteiger partial charge >= 0.3 is 6.18 Å². The molecular weight excluding hydrogens is 451 g/mol. The molecule has 0 fully saturated rings. The first kappa shape index (κ1) is 23.9. The second-order valence-electron chi connectivity index (χ2n) is 5.51. The van der Waals surface area contributed by atoms with E-state index in [1.54, 1.807) is 19.2 Å². The zero-order valence-corrected chi connectivity index (χ0v) is 16.7. The highest BCUT2D eigenvalue weighted by atomic mass is 127. The van der Waals surface area contributed by atoms with Crippen molar-refractivity contribution in [2.24, 2.45) is 4.99 Å². The SMILES string of the molecule is CN=C(NCCCN(C)CC(F)(F)F)NCCc1ccc(F)cc1.I. The Balaban J connectivity index is 0.00000576. The minimum atomic E-state index is -4.17. The van der Waals surface area contributed by atoms with Crippen LogP contribution in [-0.4, -0.2) is 57.3 Å². The largest absolute Gasteiger partial charge is 0.401 e. The normalized spacial score (nSPS) is 12.0. The van der Waals surface area contributed by atoms with E-state index in [0.29, 0.717) is 32.0 Å². The molecule has 1 aromatic rings. The van der Waals surface area contributed by atoms with Gasteiger partial charge in [0.05, 0.1) is 6.54 Å². The highest BCUT2D eigenvalue weighted by molar-refractivity contribution is 14.0. The molecule has 0 aromatic heterocycles. The van der Waals surface area contributed by atoms with Crippen molar-refractivity contribution in [3.8, 4) is 0 Å². The molecule has 4 nitrogen and oxygen atoms in total. The van der Waals surface area contributed by atoms with Gasteiger partial charge in [-0.1, -0.05) is 12.1 Å². The lowest BCUT2D eigenvalue weighted by Gasteiger charge is -2.19. The summed E-state index contributed by atoms with van der Waals surface area (Å²) in [5.74, 6) is 0.329. The van der Waals surface area contributed by atoms with Crippen molar-refractivity contribution in [2.45, 2.75) is 19.0 Å². The van der Waals surface area contributed by atoms with Gasteiger partial charge in [-0.05, 0) is 44.1 Å². The molecule has 0 aliphatic carbocycles. The molecule has 0 atom stereocenters. The first-order chi connectivity index (χ1) is 11.3. The van der Waals surface area contributed by atoms with Crippen molar-refractivity contribution in [3.63, 3.8) is 0 Å². The Hall–Kier alpha value is -1.10. The van der Waals surface area contributed by atoms with E-state index in [9.17, 15) is 17.6 Å². The van der Waals surface area contributed by atoms with Crippen LogP contribution in [0.2, 0.25) is 0 Å². The molecule has 1 rings (SSSR count). The Morgan fingerprint density at radius 2 is 1.72 bits per heavy atom. The molecule has 1 aromatic carbocycles. The molecule has 9 heteroatoms. The molecule has 0 heterocycles. The quantitative estimate of drug-likeness (QED) is 0.199. The molecule has 0 bridgehead atoms. The van der Waals surface area contributed by atoms with Crippen LogP contribution in [0.15, 0.2) is 29.3 Å². The fourth-order valence-electron chi connectivity index (χ4n) is 2.14. The maximum atomic E-state index is 12.8. The summed E-state index contributed by atoms with van der Waals surface area (Å²) in [6.45, 7) is 0.592. The van der Waals surface area contributed by atoms with Crippen molar-refractivity contribution >= 4 is 29.9 Å². The summed E-state index contributed by atoms with van der Waals surface area (Å²) in [5.41, 5.74) is 1.01. The van der Waals surface area contributed by atoms with Gasteiger partial charge in [0.1, 0.15) is 5.82 Å². The van der Waals surface area contributed by atoms with Crippen LogP contribution in [0.1, 0.15) is 12.0 Å². The van der Waals surface area contributed by atoms with Crippen LogP contribution in [0, 0.1) is 5.82 Å². The Labute approximate surface area is 163 Å². The lowest BCUT2D eigenvalue weighted by Crippen LogP contribution is -2.40. The number of rotatable bonds is 8. The van der Waals surface area contributed by atoms with Gasteiger partial charge in [0.2, 0.25) is 0 Å². The van der Waals surface area contributed by atoms with Gasteiger partial charge in [0.25, 0.3) is 0 Å². The minimum absolute atomic E-state index is 0. The molecule has 144 valence electrons. The Bertz CT molecular complexity index is 506. The van der Waals surface area contributed by atoms with E-state index in [-0.39, 0.29) is 29.8 Å². The summed E-state index contributed by atoms with van der Waals surface area (Å²) in [4.78, 5) is 5.29. The van der Waals surface area contributed by atoms with Gasteiger partial charge in [-0.3, -0.25) is 9.89 Å². The zero-order valence-electron chi connectivity index (χ0n) is 14.4. The summed E-state index contributed by atoms with van der Waals surface area (Å²) < 4.78 is 49.4. The van der Waals surface area contributed by atoms with E-state index in [0.717, 1.165) is 12.0 Å². The molecule has 0 aliphatic rings. The van der Waals surface area contributed by atoms with Gasteiger partial charge in [0.15, 0.2) is 5.96 Å². The maximum Gasteiger partial charge on any atom is 0.401 e. The average molecular weight is 476 g/mol. The molecular formula is C16H25F4IN4. The fraction of sp³-hybridized carbons (Fsp3) is 0.562. The highest BCUT2D eigenvalue weighted by Crippen LogP contribution is 2.15. The monoisotopic (exact) mass is 476 g/mol. The molecule has 0 saturated heterocycles. The molecule has 0 aliphatic heterocycles. The van der Waals surface area contributed by atoms with E-state index < -0.39 is 12.7 Å². The summed E-state index contributed by atoms with van der Waals surface area (Å²) in [7, 11) is 3.08. The number of aliphatic imine (C=N–C) groups is 1.